The van der Waals surface area contributed by atoms with Gasteiger partial charge in [-0.1, -0.05) is 18.2 Å². The molecule has 4 heteroatoms. The Morgan fingerprint density at radius 1 is 1.10 bits per heavy atom. The average Bonchev–Trinajstić information content (AvgIpc) is 2.48. The van der Waals surface area contributed by atoms with Crippen molar-refractivity contribution in [1.29, 1.82) is 0 Å². The molecule has 0 aromatic heterocycles. The van der Waals surface area contributed by atoms with Gasteiger partial charge in [-0.2, -0.15) is 0 Å². The fraction of sp³-hybridized carbons (Fsp3) is 0.412. The highest BCUT2D eigenvalue weighted by atomic mass is 16.4. The molecule has 0 spiro atoms. The van der Waals surface area contributed by atoms with Crippen molar-refractivity contribution in [3.63, 3.8) is 0 Å². The Morgan fingerprint density at radius 2 is 1.81 bits per heavy atom. The highest BCUT2D eigenvalue weighted by Gasteiger charge is 2.15. The monoisotopic (exact) mass is 287 g/mol. The summed E-state index contributed by atoms with van der Waals surface area (Å²) in [6, 6.07) is 9.34. The minimum absolute atomic E-state index is 0.0172. The SMILES string of the molecule is C#CCCCCC(=O)N(CCCC(=O)O)c1ccccc1. The molecular weight excluding hydrogens is 266 g/mol. The summed E-state index contributed by atoms with van der Waals surface area (Å²) in [5.74, 6) is 1.73. The van der Waals surface area contributed by atoms with Crippen LogP contribution in [-0.2, 0) is 9.59 Å². The highest BCUT2D eigenvalue weighted by molar-refractivity contribution is 5.93. The third-order valence-corrected chi connectivity index (χ3v) is 3.10. The lowest BCUT2D eigenvalue weighted by molar-refractivity contribution is -0.137. The molecule has 0 aliphatic carbocycles. The molecule has 0 saturated heterocycles. The number of benzene rings is 1. The van der Waals surface area contributed by atoms with Crippen LogP contribution in [0.4, 0.5) is 5.69 Å². The van der Waals surface area contributed by atoms with Crippen molar-refractivity contribution in [2.24, 2.45) is 0 Å². The molecule has 0 aliphatic rings. The van der Waals surface area contributed by atoms with Crippen molar-refractivity contribution >= 4 is 17.6 Å². The summed E-state index contributed by atoms with van der Waals surface area (Å²) in [5.41, 5.74) is 0.810. The summed E-state index contributed by atoms with van der Waals surface area (Å²) in [7, 11) is 0. The number of anilines is 1. The van der Waals surface area contributed by atoms with E-state index in [2.05, 4.69) is 5.92 Å². The Hall–Kier alpha value is -2.28. The van der Waals surface area contributed by atoms with Crippen LogP contribution in [-0.4, -0.2) is 23.5 Å². The van der Waals surface area contributed by atoms with Crippen LogP contribution in [0.5, 0.6) is 0 Å². The number of amides is 1. The zero-order valence-corrected chi connectivity index (χ0v) is 12.1. The molecule has 0 fully saturated rings. The molecule has 0 saturated carbocycles. The van der Waals surface area contributed by atoms with Crippen LogP contribution in [0.15, 0.2) is 30.3 Å². The third-order valence-electron chi connectivity index (χ3n) is 3.10. The Labute approximate surface area is 125 Å². The van der Waals surface area contributed by atoms with E-state index in [-0.39, 0.29) is 12.3 Å². The molecular formula is C17H21NO3. The van der Waals surface area contributed by atoms with Crippen molar-refractivity contribution < 1.29 is 14.7 Å². The van der Waals surface area contributed by atoms with Gasteiger partial charge in [-0.25, -0.2) is 0 Å². The van der Waals surface area contributed by atoms with Gasteiger partial charge in [-0.05, 0) is 31.4 Å². The fourth-order valence-corrected chi connectivity index (χ4v) is 2.03. The maximum absolute atomic E-state index is 12.3. The second kappa shape index (κ2) is 9.60. The van der Waals surface area contributed by atoms with Gasteiger partial charge in [0.15, 0.2) is 0 Å². The second-order valence-corrected chi connectivity index (χ2v) is 4.79. The van der Waals surface area contributed by atoms with E-state index in [1.807, 2.05) is 30.3 Å². The summed E-state index contributed by atoms with van der Waals surface area (Å²) in [5, 5.41) is 8.71. The van der Waals surface area contributed by atoms with Gasteiger partial charge in [0.2, 0.25) is 5.91 Å². The number of unbranched alkanes of at least 4 members (excludes halogenated alkanes) is 2. The van der Waals surface area contributed by atoms with Crippen molar-refractivity contribution in [3.8, 4) is 12.3 Å². The van der Waals surface area contributed by atoms with Crippen LogP contribution in [0, 0.1) is 12.3 Å². The van der Waals surface area contributed by atoms with Crippen molar-refractivity contribution in [1.82, 2.24) is 0 Å². The number of aliphatic carboxylic acids is 1. The predicted octanol–water partition coefficient (Wildman–Crippen LogP) is 3.08. The Morgan fingerprint density at radius 3 is 2.43 bits per heavy atom. The number of carbonyl (C=O) groups is 2. The molecule has 0 bridgehead atoms. The van der Waals surface area contributed by atoms with E-state index in [4.69, 9.17) is 11.5 Å². The van der Waals surface area contributed by atoms with E-state index in [0.717, 1.165) is 18.5 Å². The number of terminal acetylenes is 1. The molecule has 0 unspecified atom stereocenters. The van der Waals surface area contributed by atoms with E-state index in [9.17, 15) is 9.59 Å². The topological polar surface area (TPSA) is 57.6 Å². The van der Waals surface area contributed by atoms with E-state index >= 15 is 0 Å². The molecule has 1 aromatic rings. The summed E-state index contributed by atoms with van der Waals surface area (Å²) in [6.45, 7) is 0.421. The number of hydrogen-bond donors (Lipinski definition) is 1. The lowest BCUT2D eigenvalue weighted by Gasteiger charge is -2.22. The molecule has 0 heterocycles. The molecule has 1 N–H and O–H groups in total. The van der Waals surface area contributed by atoms with E-state index in [1.54, 1.807) is 4.90 Å². The number of carboxylic acids is 1. The third kappa shape index (κ3) is 6.62. The largest absolute Gasteiger partial charge is 0.481 e. The molecule has 1 aromatic carbocycles. The zero-order valence-electron chi connectivity index (χ0n) is 12.1. The maximum atomic E-state index is 12.3. The highest BCUT2D eigenvalue weighted by Crippen LogP contribution is 2.16. The number of para-hydroxylation sites is 1. The van der Waals surface area contributed by atoms with E-state index in [0.29, 0.717) is 25.8 Å². The lowest BCUT2D eigenvalue weighted by Crippen LogP contribution is -2.32. The standard InChI is InChI=1S/C17H21NO3/c1-2-3-4-8-12-16(19)18(14-9-13-17(20)21)15-10-6-5-7-11-15/h1,5-7,10-11H,3-4,8-9,12-14H2,(H,20,21). The van der Waals surface area contributed by atoms with Crippen LogP contribution in [0.25, 0.3) is 0 Å². The first kappa shape index (κ1) is 16.8. The minimum atomic E-state index is -0.843. The predicted molar refractivity (Wildman–Crippen MR) is 83.0 cm³/mol. The Bertz CT molecular complexity index is 491. The molecule has 0 aliphatic heterocycles. The number of hydrogen-bond acceptors (Lipinski definition) is 2. The van der Waals surface area contributed by atoms with Crippen LogP contribution in [0.3, 0.4) is 0 Å². The van der Waals surface area contributed by atoms with Gasteiger partial charge in [0.1, 0.15) is 0 Å². The molecule has 1 amide bonds. The van der Waals surface area contributed by atoms with Gasteiger partial charge in [0, 0.05) is 31.5 Å². The first-order valence-corrected chi connectivity index (χ1v) is 7.16. The van der Waals surface area contributed by atoms with Crippen LogP contribution >= 0.6 is 0 Å². The average molecular weight is 287 g/mol. The van der Waals surface area contributed by atoms with Gasteiger partial charge in [-0.3, -0.25) is 9.59 Å². The number of carboxylic acid groups (broad SMARTS) is 1. The maximum Gasteiger partial charge on any atom is 0.303 e. The van der Waals surface area contributed by atoms with Crippen molar-refractivity contribution in [2.75, 3.05) is 11.4 Å². The zero-order chi connectivity index (χ0) is 15.5. The lowest BCUT2D eigenvalue weighted by atomic mass is 10.1. The van der Waals surface area contributed by atoms with Gasteiger partial charge in [0.25, 0.3) is 0 Å². The second-order valence-electron chi connectivity index (χ2n) is 4.79. The van der Waals surface area contributed by atoms with Crippen LogP contribution in [0.1, 0.15) is 38.5 Å². The van der Waals surface area contributed by atoms with Crippen molar-refractivity contribution in [2.45, 2.75) is 38.5 Å². The van der Waals surface area contributed by atoms with Gasteiger partial charge in [-0.15, -0.1) is 12.3 Å². The Kier molecular flexibility index (Phi) is 7.67. The van der Waals surface area contributed by atoms with Crippen molar-refractivity contribution in [3.05, 3.63) is 30.3 Å². The Balaban J connectivity index is 2.61. The summed E-state index contributed by atoms with van der Waals surface area (Å²) in [4.78, 5) is 24.6. The number of nitrogens with zero attached hydrogens (tertiary/aromatic N) is 1. The number of rotatable bonds is 9. The fourth-order valence-electron chi connectivity index (χ4n) is 2.03. The first-order valence-electron chi connectivity index (χ1n) is 7.16. The molecule has 21 heavy (non-hydrogen) atoms. The molecule has 4 nitrogen and oxygen atoms in total. The van der Waals surface area contributed by atoms with Gasteiger partial charge >= 0.3 is 5.97 Å². The molecule has 0 atom stereocenters. The smallest absolute Gasteiger partial charge is 0.303 e. The molecule has 112 valence electrons. The summed E-state index contributed by atoms with van der Waals surface area (Å²) >= 11 is 0. The molecule has 0 radical (unpaired) electrons. The summed E-state index contributed by atoms with van der Waals surface area (Å²) in [6.07, 6.45) is 8.40. The number of carbonyl (C=O) groups excluding carboxylic acids is 1. The van der Waals surface area contributed by atoms with Gasteiger partial charge < -0.3 is 10.0 Å². The van der Waals surface area contributed by atoms with Gasteiger partial charge in [0.05, 0.1) is 0 Å². The first-order chi connectivity index (χ1) is 10.1. The van der Waals surface area contributed by atoms with Crippen LogP contribution < -0.4 is 4.90 Å². The quantitative estimate of drug-likeness (QED) is 0.561. The van der Waals surface area contributed by atoms with E-state index in [1.165, 1.54) is 0 Å². The molecule has 1 rings (SSSR count). The van der Waals surface area contributed by atoms with Crippen LogP contribution in [0.2, 0.25) is 0 Å². The minimum Gasteiger partial charge on any atom is -0.481 e. The summed E-state index contributed by atoms with van der Waals surface area (Å²) < 4.78 is 0. The van der Waals surface area contributed by atoms with E-state index < -0.39 is 5.97 Å². The normalized spacial score (nSPS) is 9.86.